The summed E-state index contributed by atoms with van der Waals surface area (Å²) in [6, 6.07) is 11.8. The number of nitrogens with one attached hydrogen (secondary N) is 2. The van der Waals surface area contributed by atoms with Gasteiger partial charge in [-0.25, -0.2) is 13.9 Å². The number of hydrogen-bond donors (Lipinski definition) is 4. The van der Waals surface area contributed by atoms with Crippen molar-refractivity contribution < 1.29 is 26.7 Å². The summed E-state index contributed by atoms with van der Waals surface area (Å²) < 4.78 is 59.2. The Kier molecular flexibility index (Phi) is 6.62. The van der Waals surface area contributed by atoms with Crippen molar-refractivity contribution in [3.8, 4) is 11.5 Å². The van der Waals surface area contributed by atoms with E-state index in [9.17, 15) is 22.0 Å². The van der Waals surface area contributed by atoms with Crippen LogP contribution in [0.5, 0.6) is 11.5 Å². The summed E-state index contributed by atoms with van der Waals surface area (Å²) >= 11 is 1.93. The zero-order valence-electron chi connectivity index (χ0n) is 15.5. The van der Waals surface area contributed by atoms with Crippen molar-refractivity contribution in [2.24, 2.45) is 10.9 Å². The zero-order valence-corrected chi connectivity index (χ0v) is 18.5. The Labute approximate surface area is 189 Å². The molecule has 12 heteroatoms. The van der Waals surface area contributed by atoms with Gasteiger partial charge in [0.1, 0.15) is 28.7 Å². The summed E-state index contributed by atoms with van der Waals surface area (Å²) in [5, 5.41) is 7.59. The summed E-state index contributed by atoms with van der Waals surface area (Å²) in [7, 11) is -4.03. The lowest BCUT2D eigenvalue weighted by Crippen LogP contribution is -2.21. The van der Waals surface area contributed by atoms with E-state index in [0.717, 1.165) is 12.1 Å². The second kappa shape index (κ2) is 9.03. The van der Waals surface area contributed by atoms with E-state index in [1.54, 1.807) is 6.07 Å². The average molecular weight is 560 g/mol. The first-order valence-corrected chi connectivity index (χ1v) is 11.1. The standard InChI is InChI=1S/C19H15F2IN4O4S/c20-10-6-16(25-15-5-4-11(22)8-14(15)21)18(19(23)27)17(7-10)30-13-3-1-2-12(9-13)26-31(24,28)29/h1-9,25-26H,(H2,23,27)(H2,24,28,29). The first kappa shape index (κ1) is 22.7. The Morgan fingerprint density at radius 3 is 2.42 bits per heavy atom. The molecule has 6 N–H and O–H groups in total. The molecule has 3 rings (SSSR count). The molecule has 0 saturated heterocycles. The van der Waals surface area contributed by atoms with Crippen LogP contribution in [0, 0.1) is 15.2 Å². The van der Waals surface area contributed by atoms with Crippen molar-refractivity contribution in [3.63, 3.8) is 0 Å². The number of carbonyl (C=O) groups excluding carboxylic acids is 1. The molecule has 3 aromatic carbocycles. The number of primary amides is 1. The minimum absolute atomic E-state index is 0.00110. The molecule has 0 radical (unpaired) electrons. The summed E-state index contributed by atoms with van der Waals surface area (Å²) in [5.41, 5.74) is 5.20. The minimum Gasteiger partial charge on any atom is -0.456 e. The number of hydrogen-bond acceptors (Lipinski definition) is 5. The van der Waals surface area contributed by atoms with Crippen LogP contribution in [0.2, 0.25) is 0 Å². The van der Waals surface area contributed by atoms with Crippen LogP contribution in [0.15, 0.2) is 54.6 Å². The van der Waals surface area contributed by atoms with Gasteiger partial charge in [0.25, 0.3) is 16.1 Å². The van der Waals surface area contributed by atoms with Gasteiger partial charge in [-0.05, 0) is 59.0 Å². The van der Waals surface area contributed by atoms with E-state index in [4.69, 9.17) is 15.6 Å². The van der Waals surface area contributed by atoms with Crippen molar-refractivity contribution in [1.82, 2.24) is 0 Å². The molecule has 3 aromatic rings. The Morgan fingerprint density at radius 1 is 1.03 bits per heavy atom. The van der Waals surface area contributed by atoms with Gasteiger partial charge >= 0.3 is 0 Å². The van der Waals surface area contributed by atoms with Crippen LogP contribution in [0.1, 0.15) is 10.4 Å². The summed E-state index contributed by atoms with van der Waals surface area (Å²) in [6.07, 6.45) is 0. The summed E-state index contributed by atoms with van der Waals surface area (Å²) in [5.74, 6) is -2.55. The van der Waals surface area contributed by atoms with E-state index in [-0.39, 0.29) is 34.1 Å². The third kappa shape index (κ3) is 6.02. The maximum Gasteiger partial charge on any atom is 0.296 e. The lowest BCUT2D eigenvalue weighted by molar-refractivity contribution is 0.0999. The molecule has 0 saturated carbocycles. The number of carbonyl (C=O) groups is 1. The predicted octanol–water partition coefficient (Wildman–Crippen LogP) is 3.82. The molecule has 8 nitrogen and oxygen atoms in total. The van der Waals surface area contributed by atoms with Gasteiger partial charge in [-0.3, -0.25) is 9.52 Å². The molecule has 0 aliphatic carbocycles. The van der Waals surface area contributed by atoms with E-state index in [1.165, 1.54) is 36.4 Å². The fourth-order valence-electron chi connectivity index (χ4n) is 2.67. The fourth-order valence-corrected chi connectivity index (χ4v) is 3.57. The van der Waals surface area contributed by atoms with Gasteiger partial charge < -0.3 is 15.8 Å². The highest BCUT2D eigenvalue weighted by Crippen LogP contribution is 2.34. The summed E-state index contributed by atoms with van der Waals surface area (Å²) in [4.78, 5) is 12.1. The number of anilines is 3. The molecular weight excluding hydrogens is 545 g/mol. The van der Waals surface area contributed by atoms with Crippen LogP contribution < -0.4 is 25.6 Å². The first-order valence-electron chi connectivity index (χ1n) is 8.46. The Balaban J connectivity index is 2.01. The Hall–Kier alpha value is -2.97. The topological polar surface area (TPSA) is 137 Å². The highest BCUT2D eigenvalue weighted by atomic mass is 127. The van der Waals surface area contributed by atoms with Gasteiger partial charge in [-0.2, -0.15) is 8.42 Å². The molecule has 0 aliphatic rings. The molecule has 0 bridgehead atoms. The largest absolute Gasteiger partial charge is 0.456 e. The third-order valence-corrected chi connectivity index (χ3v) is 5.03. The molecule has 0 spiro atoms. The third-order valence-electron chi connectivity index (χ3n) is 3.84. The molecule has 0 fully saturated rings. The van der Waals surface area contributed by atoms with Crippen molar-refractivity contribution in [2.45, 2.75) is 0 Å². The van der Waals surface area contributed by atoms with Crippen molar-refractivity contribution in [2.75, 3.05) is 10.0 Å². The maximum absolute atomic E-state index is 14.3. The summed E-state index contributed by atoms with van der Waals surface area (Å²) in [6.45, 7) is 0. The molecule has 1 amide bonds. The van der Waals surface area contributed by atoms with Gasteiger partial charge in [0.05, 0.1) is 17.1 Å². The van der Waals surface area contributed by atoms with Gasteiger partial charge in [0.2, 0.25) is 0 Å². The van der Waals surface area contributed by atoms with Gasteiger partial charge in [-0.1, -0.05) is 6.07 Å². The SMILES string of the molecule is NC(=O)c1c(Nc2ccc(I)cc2F)cc(F)cc1Oc1cccc(NS(N)(=O)=O)c1. The van der Waals surface area contributed by atoms with Crippen LogP contribution >= 0.6 is 22.6 Å². The van der Waals surface area contributed by atoms with Crippen molar-refractivity contribution >= 4 is 55.8 Å². The fraction of sp³-hybridized carbons (Fsp3) is 0. The van der Waals surface area contributed by atoms with Crippen LogP contribution in [0.25, 0.3) is 0 Å². The number of nitrogens with two attached hydrogens (primary N) is 2. The smallest absolute Gasteiger partial charge is 0.296 e. The monoisotopic (exact) mass is 560 g/mol. The quantitative estimate of drug-likeness (QED) is 0.326. The highest BCUT2D eigenvalue weighted by Gasteiger charge is 2.20. The number of ether oxygens (including phenoxy) is 1. The van der Waals surface area contributed by atoms with Crippen molar-refractivity contribution in [3.05, 3.63) is 75.4 Å². The molecule has 0 aromatic heterocycles. The molecule has 31 heavy (non-hydrogen) atoms. The normalized spacial score (nSPS) is 11.1. The minimum atomic E-state index is -4.03. The Bertz CT molecular complexity index is 1270. The molecule has 0 atom stereocenters. The number of amides is 1. The number of rotatable bonds is 7. The maximum atomic E-state index is 14.3. The predicted molar refractivity (Wildman–Crippen MR) is 121 cm³/mol. The van der Waals surface area contributed by atoms with Crippen LogP contribution in [-0.4, -0.2) is 14.3 Å². The average Bonchev–Trinajstić information content (AvgIpc) is 2.62. The van der Waals surface area contributed by atoms with Crippen LogP contribution in [0.3, 0.4) is 0 Å². The van der Waals surface area contributed by atoms with Crippen molar-refractivity contribution in [1.29, 1.82) is 0 Å². The number of benzene rings is 3. The van der Waals surface area contributed by atoms with Gasteiger partial charge in [0.15, 0.2) is 0 Å². The zero-order chi connectivity index (χ0) is 22.8. The first-order chi connectivity index (χ1) is 14.5. The van der Waals surface area contributed by atoms with Crippen LogP contribution in [-0.2, 0) is 10.2 Å². The molecule has 0 aliphatic heterocycles. The van der Waals surface area contributed by atoms with E-state index >= 15 is 0 Å². The molecule has 0 unspecified atom stereocenters. The highest BCUT2D eigenvalue weighted by molar-refractivity contribution is 14.1. The van der Waals surface area contributed by atoms with E-state index in [0.29, 0.717) is 3.57 Å². The lowest BCUT2D eigenvalue weighted by Gasteiger charge is -2.16. The number of halogens is 3. The lowest BCUT2D eigenvalue weighted by atomic mass is 10.1. The second-order valence-electron chi connectivity index (χ2n) is 6.22. The van der Waals surface area contributed by atoms with E-state index < -0.39 is 27.8 Å². The Morgan fingerprint density at radius 2 is 1.77 bits per heavy atom. The van der Waals surface area contributed by atoms with E-state index in [2.05, 4.69) is 10.0 Å². The van der Waals surface area contributed by atoms with Crippen LogP contribution in [0.4, 0.5) is 25.8 Å². The molecular formula is C19H15F2IN4O4S. The molecule has 162 valence electrons. The second-order valence-corrected chi connectivity index (χ2v) is 8.76. The van der Waals surface area contributed by atoms with E-state index in [1.807, 2.05) is 22.6 Å². The van der Waals surface area contributed by atoms with Gasteiger partial charge in [0, 0.05) is 15.7 Å². The van der Waals surface area contributed by atoms with Gasteiger partial charge in [-0.15, -0.1) is 0 Å². The molecule has 0 heterocycles.